The second kappa shape index (κ2) is 5.32. The average molecular weight is 277 g/mol. The Labute approximate surface area is 113 Å². The van der Waals surface area contributed by atoms with Crippen molar-refractivity contribution >= 4 is 15.7 Å². The van der Waals surface area contributed by atoms with Crippen molar-refractivity contribution in [2.45, 2.75) is 11.8 Å². The molecular weight excluding hydrogens is 262 g/mol. The molecule has 0 radical (unpaired) electrons. The lowest BCUT2D eigenvalue weighted by molar-refractivity contribution is 0.417. The smallest absolute Gasteiger partial charge is 0.262 e. The van der Waals surface area contributed by atoms with E-state index < -0.39 is 10.0 Å². The van der Waals surface area contributed by atoms with Gasteiger partial charge >= 0.3 is 0 Å². The van der Waals surface area contributed by atoms with Gasteiger partial charge in [-0.2, -0.15) is 0 Å². The van der Waals surface area contributed by atoms with Crippen LogP contribution in [0.1, 0.15) is 5.56 Å². The molecule has 4 nitrogen and oxygen atoms in total. The van der Waals surface area contributed by atoms with Gasteiger partial charge in [0.25, 0.3) is 10.0 Å². The molecule has 2 rings (SSSR count). The Kier molecular flexibility index (Phi) is 3.76. The van der Waals surface area contributed by atoms with Gasteiger partial charge in [-0.25, -0.2) is 8.42 Å². The lowest BCUT2D eigenvalue weighted by Crippen LogP contribution is -2.13. The van der Waals surface area contributed by atoms with Crippen molar-refractivity contribution in [1.82, 2.24) is 0 Å². The van der Waals surface area contributed by atoms with E-state index in [-0.39, 0.29) is 4.90 Å². The average Bonchev–Trinajstić information content (AvgIpc) is 2.39. The highest BCUT2D eigenvalue weighted by atomic mass is 32.2. The maximum Gasteiger partial charge on any atom is 0.262 e. The van der Waals surface area contributed by atoms with Crippen molar-refractivity contribution in [1.29, 1.82) is 0 Å². The lowest BCUT2D eigenvalue weighted by atomic mass is 10.2. The van der Waals surface area contributed by atoms with E-state index in [1.165, 1.54) is 7.11 Å². The number of benzene rings is 2. The van der Waals surface area contributed by atoms with Crippen LogP contribution in [0.2, 0.25) is 0 Å². The quantitative estimate of drug-likeness (QED) is 0.935. The Hall–Kier alpha value is -2.01. The first-order valence-electron chi connectivity index (χ1n) is 5.75. The number of rotatable bonds is 4. The molecule has 0 aliphatic rings. The Morgan fingerprint density at radius 2 is 1.79 bits per heavy atom. The molecule has 0 heterocycles. The highest BCUT2D eigenvalue weighted by Gasteiger charge is 2.16. The predicted octanol–water partition coefficient (Wildman–Crippen LogP) is 2.80. The van der Waals surface area contributed by atoms with Gasteiger partial charge in [-0.3, -0.25) is 4.72 Å². The molecule has 0 aliphatic carbocycles. The minimum atomic E-state index is -3.60. The number of para-hydroxylation sites is 2. The molecule has 0 atom stereocenters. The third-order valence-electron chi connectivity index (χ3n) is 2.65. The van der Waals surface area contributed by atoms with Gasteiger partial charge < -0.3 is 4.74 Å². The molecule has 0 fully saturated rings. The van der Waals surface area contributed by atoms with Crippen molar-refractivity contribution in [2.24, 2.45) is 0 Å². The van der Waals surface area contributed by atoms with E-state index in [0.717, 1.165) is 5.56 Å². The van der Waals surface area contributed by atoms with Crippen LogP contribution in [0, 0.1) is 6.92 Å². The number of hydrogen-bond acceptors (Lipinski definition) is 3. The molecule has 5 heteroatoms. The number of hydrogen-bond donors (Lipinski definition) is 1. The van der Waals surface area contributed by atoms with E-state index in [4.69, 9.17) is 4.74 Å². The van der Waals surface area contributed by atoms with Crippen LogP contribution in [0.4, 0.5) is 5.69 Å². The first kappa shape index (κ1) is 13.4. The molecular formula is C14H15NO3S. The van der Waals surface area contributed by atoms with Crippen LogP contribution in [-0.4, -0.2) is 15.5 Å². The standard InChI is InChI=1S/C14H15NO3S/c1-11-6-5-7-12(10-11)19(16,17)15-13-8-3-4-9-14(13)18-2/h3-10,15H,1-2H3. The Balaban J connectivity index is 2.37. The maximum absolute atomic E-state index is 12.3. The van der Waals surface area contributed by atoms with Crippen molar-refractivity contribution in [3.8, 4) is 5.75 Å². The van der Waals surface area contributed by atoms with Crippen molar-refractivity contribution in [3.63, 3.8) is 0 Å². The van der Waals surface area contributed by atoms with Gasteiger partial charge in [0.2, 0.25) is 0 Å². The monoisotopic (exact) mass is 277 g/mol. The lowest BCUT2D eigenvalue weighted by Gasteiger charge is -2.11. The molecule has 0 aliphatic heterocycles. The summed E-state index contributed by atoms with van der Waals surface area (Å²) in [6.07, 6.45) is 0. The van der Waals surface area contributed by atoms with Gasteiger partial charge in [0, 0.05) is 0 Å². The third-order valence-corrected chi connectivity index (χ3v) is 4.01. The molecule has 0 saturated carbocycles. The third kappa shape index (κ3) is 3.06. The minimum absolute atomic E-state index is 0.235. The number of methoxy groups -OCH3 is 1. The summed E-state index contributed by atoms with van der Waals surface area (Å²) in [4.78, 5) is 0.235. The molecule has 2 aromatic carbocycles. The van der Waals surface area contributed by atoms with Crippen LogP contribution in [0.5, 0.6) is 5.75 Å². The van der Waals surface area contributed by atoms with Crippen LogP contribution in [0.15, 0.2) is 53.4 Å². The zero-order valence-corrected chi connectivity index (χ0v) is 11.6. The zero-order chi connectivity index (χ0) is 13.9. The van der Waals surface area contributed by atoms with Gasteiger partial charge in [0.1, 0.15) is 5.75 Å². The van der Waals surface area contributed by atoms with Gasteiger partial charge in [0.15, 0.2) is 0 Å². The van der Waals surface area contributed by atoms with E-state index >= 15 is 0 Å². The van der Waals surface area contributed by atoms with Crippen LogP contribution in [0.3, 0.4) is 0 Å². The summed E-state index contributed by atoms with van der Waals surface area (Å²) in [5.74, 6) is 0.485. The highest BCUT2D eigenvalue weighted by molar-refractivity contribution is 7.92. The fourth-order valence-corrected chi connectivity index (χ4v) is 2.89. The molecule has 19 heavy (non-hydrogen) atoms. The number of aryl methyl sites for hydroxylation is 1. The van der Waals surface area contributed by atoms with Crippen LogP contribution >= 0.6 is 0 Å². The molecule has 0 bridgehead atoms. The van der Waals surface area contributed by atoms with E-state index in [0.29, 0.717) is 11.4 Å². The normalized spacial score (nSPS) is 11.1. The largest absolute Gasteiger partial charge is 0.495 e. The van der Waals surface area contributed by atoms with E-state index in [1.54, 1.807) is 42.5 Å². The molecule has 0 saturated heterocycles. The molecule has 0 unspecified atom stereocenters. The van der Waals surface area contributed by atoms with Gasteiger partial charge in [-0.1, -0.05) is 24.3 Å². The number of sulfonamides is 1. The van der Waals surface area contributed by atoms with E-state index in [2.05, 4.69) is 4.72 Å². The fraction of sp³-hybridized carbons (Fsp3) is 0.143. The number of nitrogens with one attached hydrogen (secondary N) is 1. The fourth-order valence-electron chi connectivity index (χ4n) is 1.72. The minimum Gasteiger partial charge on any atom is -0.495 e. The van der Waals surface area contributed by atoms with Crippen LogP contribution < -0.4 is 9.46 Å². The molecule has 1 N–H and O–H groups in total. The Morgan fingerprint density at radius 3 is 2.47 bits per heavy atom. The van der Waals surface area contributed by atoms with Gasteiger partial charge in [-0.15, -0.1) is 0 Å². The Bertz CT molecular complexity index is 681. The first-order chi connectivity index (χ1) is 9.03. The van der Waals surface area contributed by atoms with E-state index in [1.807, 2.05) is 13.0 Å². The Morgan fingerprint density at radius 1 is 1.05 bits per heavy atom. The number of ether oxygens (including phenoxy) is 1. The highest BCUT2D eigenvalue weighted by Crippen LogP contribution is 2.26. The summed E-state index contributed by atoms with van der Waals surface area (Å²) in [5, 5.41) is 0. The van der Waals surface area contributed by atoms with E-state index in [9.17, 15) is 8.42 Å². The molecule has 0 amide bonds. The first-order valence-corrected chi connectivity index (χ1v) is 7.24. The summed E-state index contributed by atoms with van der Waals surface area (Å²) >= 11 is 0. The van der Waals surface area contributed by atoms with Crippen molar-refractivity contribution in [2.75, 3.05) is 11.8 Å². The van der Waals surface area contributed by atoms with Gasteiger partial charge in [-0.05, 0) is 36.8 Å². The van der Waals surface area contributed by atoms with Crippen molar-refractivity contribution in [3.05, 3.63) is 54.1 Å². The number of anilines is 1. The predicted molar refractivity (Wildman–Crippen MR) is 75.0 cm³/mol. The molecule has 0 aromatic heterocycles. The SMILES string of the molecule is COc1ccccc1NS(=O)(=O)c1cccc(C)c1. The zero-order valence-electron chi connectivity index (χ0n) is 10.8. The van der Waals surface area contributed by atoms with Crippen molar-refractivity contribution < 1.29 is 13.2 Å². The van der Waals surface area contributed by atoms with Crippen LogP contribution in [-0.2, 0) is 10.0 Å². The topological polar surface area (TPSA) is 55.4 Å². The van der Waals surface area contributed by atoms with Gasteiger partial charge in [0.05, 0.1) is 17.7 Å². The van der Waals surface area contributed by atoms with Crippen LogP contribution in [0.25, 0.3) is 0 Å². The molecule has 0 spiro atoms. The molecule has 2 aromatic rings. The summed E-state index contributed by atoms with van der Waals surface area (Å²) in [6.45, 7) is 1.85. The molecule has 100 valence electrons. The summed E-state index contributed by atoms with van der Waals surface area (Å²) < 4.78 is 32.2. The summed E-state index contributed by atoms with van der Waals surface area (Å²) in [7, 11) is -2.10. The maximum atomic E-state index is 12.3. The second-order valence-corrected chi connectivity index (χ2v) is 5.80. The second-order valence-electron chi connectivity index (χ2n) is 4.12. The summed E-state index contributed by atoms with van der Waals surface area (Å²) in [5.41, 5.74) is 1.31. The summed E-state index contributed by atoms with van der Waals surface area (Å²) in [6, 6.07) is 13.6.